The first-order valence-electron chi connectivity index (χ1n) is 6.24. The first-order chi connectivity index (χ1) is 8.11. The van der Waals surface area contributed by atoms with Crippen molar-refractivity contribution in [2.75, 3.05) is 0 Å². The van der Waals surface area contributed by atoms with Crippen LogP contribution in [-0.2, 0) is 0 Å². The average molecular weight is 382 g/mol. The van der Waals surface area contributed by atoms with Crippen molar-refractivity contribution >= 4 is 43.2 Å². The van der Waals surface area contributed by atoms with E-state index >= 15 is 0 Å². The highest BCUT2D eigenvalue weighted by Crippen LogP contribution is 2.43. The van der Waals surface area contributed by atoms with Crippen molar-refractivity contribution in [3.05, 3.63) is 19.2 Å². The molecule has 17 heavy (non-hydrogen) atoms. The molecule has 2 rings (SSSR count). The Balaban J connectivity index is 2.01. The van der Waals surface area contributed by atoms with Crippen molar-refractivity contribution in [2.45, 2.75) is 45.1 Å². The van der Waals surface area contributed by atoms with Gasteiger partial charge in [0, 0.05) is 5.56 Å². The van der Waals surface area contributed by atoms with E-state index in [1.54, 1.807) is 11.3 Å². The van der Waals surface area contributed by atoms with E-state index < -0.39 is 0 Å². The molecule has 0 saturated heterocycles. The summed E-state index contributed by atoms with van der Waals surface area (Å²) < 4.78 is 2.15. The summed E-state index contributed by atoms with van der Waals surface area (Å²) in [6.07, 6.45) is 5.88. The van der Waals surface area contributed by atoms with Gasteiger partial charge in [0.2, 0.25) is 0 Å². The van der Waals surface area contributed by atoms with E-state index in [0.29, 0.717) is 5.92 Å². The molecule has 1 nitrogen and oxygen atoms in total. The minimum atomic E-state index is -0.301. The molecular formula is C13H18Br2OS. The maximum absolute atomic E-state index is 10.5. The molecule has 1 saturated carbocycles. The largest absolute Gasteiger partial charge is 0.388 e. The van der Waals surface area contributed by atoms with Crippen LogP contribution >= 0.6 is 43.2 Å². The molecule has 1 aromatic rings. The second kappa shape index (κ2) is 6.18. The van der Waals surface area contributed by atoms with Crippen LogP contribution in [0.3, 0.4) is 0 Å². The van der Waals surface area contributed by atoms with Crippen molar-refractivity contribution in [3.8, 4) is 0 Å². The number of aliphatic hydroxyl groups is 1. The molecule has 1 heterocycles. The van der Waals surface area contributed by atoms with Crippen molar-refractivity contribution in [3.63, 3.8) is 0 Å². The third kappa shape index (κ3) is 3.34. The molecule has 1 fully saturated rings. The van der Waals surface area contributed by atoms with E-state index in [4.69, 9.17) is 0 Å². The molecule has 0 spiro atoms. The maximum atomic E-state index is 10.5. The molecule has 96 valence electrons. The number of halogens is 2. The lowest BCUT2D eigenvalue weighted by Gasteiger charge is -2.31. The molecular weight excluding hydrogens is 364 g/mol. The van der Waals surface area contributed by atoms with Crippen LogP contribution in [0.25, 0.3) is 0 Å². The van der Waals surface area contributed by atoms with Crippen LogP contribution in [-0.4, -0.2) is 5.11 Å². The summed E-state index contributed by atoms with van der Waals surface area (Å²) >= 11 is 8.65. The molecule has 1 aliphatic carbocycles. The zero-order valence-corrected chi connectivity index (χ0v) is 13.9. The fraction of sp³-hybridized carbons (Fsp3) is 0.692. The predicted molar refractivity (Wildman–Crippen MR) is 80.4 cm³/mol. The third-order valence-electron chi connectivity index (χ3n) is 3.92. The minimum Gasteiger partial charge on any atom is -0.388 e. The third-order valence-corrected chi connectivity index (χ3v) is 6.30. The standard InChI is InChI=1S/C13H18Br2OS/c1-2-8-3-5-9(6-4-8)12(16)10-7-11(14)17-13(10)15/h7-9,12,16H,2-6H2,1H3. The van der Waals surface area contributed by atoms with Gasteiger partial charge in [0.1, 0.15) is 0 Å². The molecule has 1 aromatic heterocycles. The van der Waals surface area contributed by atoms with Gasteiger partial charge in [0.05, 0.1) is 13.7 Å². The Morgan fingerprint density at radius 3 is 2.47 bits per heavy atom. The summed E-state index contributed by atoms with van der Waals surface area (Å²) in [7, 11) is 0. The summed E-state index contributed by atoms with van der Waals surface area (Å²) in [5.41, 5.74) is 1.06. The molecule has 0 bridgehead atoms. The van der Waals surface area contributed by atoms with E-state index in [-0.39, 0.29) is 6.10 Å². The number of aliphatic hydroxyl groups excluding tert-OH is 1. The second-order valence-electron chi connectivity index (χ2n) is 4.91. The van der Waals surface area contributed by atoms with Crippen LogP contribution in [0, 0.1) is 11.8 Å². The van der Waals surface area contributed by atoms with E-state index in [9.17, 15) is 5.11 Å². The summed E-state index contributed by atoms with van der Waals surface area (Å²) in [4.78, 5) is 0. The Hall–Kier alpha value is 0.620. The summed E-state index contributed by atoms with van der Waals surface area (Å²) in [6, 6.07) is 2.05. The molecule has 0 aromatic carbocycles. The van der Waals surface area contributed by atoms with Gasteiger partial charge < -0.3 is 5.11 Å². The van der Waals surface area contributed by atoms with Crippen molar-refractivity contribution < 1.29 is 5.11 Å². The normalized spacial score (nSPS) is 27.1. The van der Waals surface area contributed by atoms with Crippen LogP contribution in [0.1, 0.15) is 50.7 Å². The highest BCUT2D eigenvalue weighted by atomic mass is 79.9. The number of rotatable bonds is 3. The van der Waals surface area contributed by atoms with E-state index in [2.05, 4.69) is 38.8 Å². The van der Waals surface area contributed by atoms with Crippen LogP contribution in [0.15, 0.2) is 13.6 Å². The number of hydrogen-bond donors (Lipinski definition) is 1. The molecule has 4 heteroatoms. The van der Waals surface area contributed by atoms with Crippen molar-refractivity contribution in [2.24, 2.45) is 11.8 Å². The Morgan fingerprint density at radius 1 is 1.35 bits per heavy atom. The van der Waals surface area contributed by atoms with Gasteiger partial charge in [-0.05, 0) is 62.6 Å². The minimum absolute atomic E-state index is 0.301. The number of thiophene rings is 1. The highest BCUT2D eigenvalue weighted by molar-refractivity contribution is 9.12. The van der Waals surface area contributed by atoms with Crippen LogP contribution in [0.5, 0.6) is 0 Å². The van der Waals surface area contributed by atoms with Crippen LogP contribution in [0.2, 0.25) is 0 Å². The maximum Gasteiger partial charge on any atom is 0.0837 e. The molecule has 1 unspecified atom stereocenters. The summed E-state index contributed by atoms with van der Waals surface area (Å²) in [5, 5.41) is 10.5. The lowest BCUT2D eigenvalue weighted by molar-refractivity contribution is 0.0728. The molecule has 0 radical (unpaired) electrons. The first-order valence-corrected chi connectivity index (χ1v) is 8.64. The second-order valence-corrected chi connectivity index (χ2v) is 8.66. The Morgan fingerprint density at radius 2 is 2.00 bits per heavy atom. The fourth-order valence-electron chi connectivity index (χ4n) is 2.72. The SMILES string of the molecule is CCC1CCC(C(O)c2cc(Br)sc2Br)CC1. The first kappa shape index (κ1) is 14.0. The Bertz CT molecular complexity index is 369. The molecule has 1 aliphatic rings. The highest BCUT2D eigenvalue weighted by Gasteiger charge is 2.28. The predicted octanol–water partition coefficient (Wildman–Crippen LogP) is 5.52. The number of hydrogen-bond acceptors (Lipinski definition) is 2. The van der Waals surface area contributed by atoms with Gasteiger partial charge in [-0.1, -0.05) is 26.2 Å². The van der Waals surface area contributed by atoms with E-state index in [1.807, 2.05) is 6.07 Å². The van der Waals surface area contributed by atoms with Gasteiger partial charge in [-0.15, -0.1) is 11.3 Å². The molecule has 1 atom stereocenters. The van der Waals surface area contributed by atoms with E-state index in [0.717, 1.165) is 19.1 Å². The van der Waals surface area contributed by atoms with E-state index in [1.165, 1.54) is 32.1 Å². The topological polar surface area (TPSA) is 20.2 Å². The molecule has 0 aliphatic heterocycles. The van der Waals surface area contributed by atoms with Gasteiger partial charge in [0.25, 0.3) is 0 Å². The smallest absolute Gasteiger partial charge is 0.0837 e. The van der Waals surface area contributed by atoms with Gasteiger partial charge in [-0.25, -0.2) is 0 Å². The summed E-state index contributed by atoms with van der Waals surface area (Å²) in [6.45, 7) is 2.27. The lowest BCUT2D eigenvalue weighted by atomic mass is 9.77. The lowest BCUT2D eigenvalue weighted by Crippen LogP contribution is -2.20. The zero-order valence-electron chi connectivity index (χ0n) is 9.96. The Labute approximate surface area is 124 Å². The van der Waals surface area contributed by atoms with Gasteiger partial charge in [0.15, 0.2) is 0 Å². The van der Waals surface area contributed by atoms with Crippen LogP contribution in [0.4, 0.5) is 0 Å². The van der Waals surface area contributed by atoms with Crippen molar-refractivity contribution in [1.29, 1.82) is 0 Å². The quantitative estimate of drug-likeness (QED) is 0.730. The monoisotopic (exact) mass is 380 g/mol. The molecule has 1 N–H and O–H groups in total. The zero-order chi connectivity index (χ0) is 12.4. The van der Waals surface area contributed by atoms with Gasteiger partial charge in [-0.3, -0.25) is 0 Å². The van der Waals surface area contributed by atoms with Crippen LogP contribution < -0.4 is 0 Å². The fourth-order valence-corrected chi connectivity index (χ4v) is 5.63. The molecule has 0 amide bonds. The summed E-state index contributed by atoms with van der Waals surface area (Å²) in [5.74, 6) is 1.33. The van der Waals surface area contributed by atoms with Crippen molar-refractivity contribution in [1.82, 2.24) is 0 Å². The van der Waals surface area contributed by atoms with Gasteiger partial charge >= 0.3 is 0 Å². The van der Waals surface area contributed by atoms with Gasteiger partial charge in [-0.2, -0.15) is 0 Å². The average Bonchev–Trinajstić information content (AvgIpc) is 2.68. The Kier molecular flexibility index (Phi) is 5.10.